The minimum absolute atomic E-state index is 0.123. The van der Waals surface area contributed by atoms with Gasteiger partial charge in [0.05, 0.1) is 10.6 Å². The maximum Gasteiger partial charge on any atom is 0.264 e. The van der Waals surface area contributed by atoms with E-state index in [0.29, 0.717) is 5.69 Å². The molecule has 2 rings (SSSR count). The van der Waals surface area contributed by atoms with Crippen molar-refractivity contribution in [1.82, 2.24) is 0 Å². The number of carbonyl (C=O) groups excluding carboxylic acids is 1. The molecule has 7 heteroatoms. The second kappa shape index (κ2) is 6.66. The summed E-state index contributed by atoms with van der Waals surface area (Å²) in [6.45, 7) is 1.47. The molecule has 0 unspecified atom stereocenters. The summed E-state index contributed by atoms with van der Waals surface area (Å²) < 4.78 is 27.5. The fraction of sp³-hybridized carbons (Fsp3) is 0.133. The van der Waals surface area contributed by atoms with Crippen molar-refractivity contribution in [2.24, 2.45) is 5.73 Å². The topological polar surface area (TPSA) is 80.5 Å². The Kier molecular flexibility index (Phi) is 5.07. The SMILES string of the molecule is Cc1ccc(S(=O)(=O)N(CC(N)=O)c2cccc(I)c2)cc1. The number of hydrogen-bond donors (Lipinski definition) is 1. The molecule has 0 aliphatic heterocycles. The number of nitrogens with zero attached hydrogens (tertiary/aromatic N) is 1. The van der Waals surface area contributed by atoms with E-state index in [1.165, 1.54) is 12.1 Å². The summed E-state index contributed by atoms with van der Waals surface area (Å²) >= 11 is 2.08. The van der Waals surface area contributed by atoms with Gasteiger partial charge in [-0.3, -0.25) is 9.10 Å². The Hall–Kier alpha value is -1.61. The molecule has 0 aliphatic rings. The Morgan fingerprint density at radius 3 is 2.36 bits per heavy atom. The molecule has 0 bridgehead atoms. The highest BCUT2D eigenvalue weighted by atomic mass is 127. The van der Waals surface area contributed by atoms with E-state index >= 15 is 0 Å². The highest BCUT2D eigenvalue weighted by Gasteiger charge is 2.26. The van der Waals surface area contributed by atoms with Crippen LogP contribution in [-0.4, -0.2) is 20.9 Å². The van der Waals surface area contributed by atoms with Gasteiger partial charge in [0.2, 0.25) is 5.91 Å². The smallest absolute Gasteiger partial charge is 0.264 e. The third-order valence-corrected chi connectivity index (χ3v) is 5.46. The molecule has 1 amide bonds. The molecule has 0 heterocycles. The summed E-state index contributed by atoms with van der Waals surface area (Å²) in [5.74, 6) is -0.713. The first-order valence-corrected chi connectivity index (χ1v) is 8.96. The van der Waals surface area contributed by atoms with Crippen LogP contribution in [0.2, 0.25) is 0 Å². The number of anilines is 1. The molecule has 2 aromatic carbocycles. The molecule has 2 N–H and O–H groups in total. The molecular weight excluding hydrogens is 415 g/mol. The molecule has 2 aromatic rings. The van der Waals surface area contributed by atoms with Crippen LogP contribution in [0.15, 0.2) is 53.4 Å². The number of amides is 1. The van der Waals surface area contributed by atoms with E-state index in [4.69, 9.17) is 5.73 Å². The first kappa shape index (κ1) is 16.8. The minimum Gasteiger partial charge on any atom is -0.368 e. The van der Waals surface area contributed by atoms with E-state index < -0.39 is 22.5 Å². The van der Waals surface area contributed by atoms with Crippen LogP contribution in [0.3, 0.4) is 0 Å². The Bertz CT molecular complexity index is 789. The first-order valence-electron chi connectivity index (χ1n) is 6.44. The van der Waals surface area contributed by atoms with Gasteiger partial charge in [-0.15, -0.1) is 0 Å². The number of rotatable bonds is 5. The first-order chi connectivity index (χ1) is 10.3. The van der Waals surface area contributed by atoms with Crippen LogP contribution >= 0.6 is 22.6 Å². The number of aryl methyl sites for hydroxylation is 1. The van der Waals surface area contributed by atoms with Crippen LogP contribution in [0, 0.1) is 10.5 Å². The summed E-state index contributed by atoms with van der Waals surface area (Å²) in [6.07, 6.45) is 0. The van der Waals surface area contributed by atoms with Crippen LogP contribution in [0.1, 0.15) is 5.56 Å². The summed E-state index contributed by atoms with van der Waals surface area (Å²) in [4.78, 5) is 11.4. The third-order valence-electron chi connectivity index (χ3n) is 3.00. The van der Waals surface area contributed by atoms with E-state index in [1.807, 2.05) is 13.0 Å². The molecule has 0 saturated carbocycles. The van der Waals surface area contributed by atoms with Crippen molar-refractivity contribution >= 4 is 44.2 Å². The Morgan fingerprint density at radius 1 is 1.18 bits per heavy atom. The predicted octanol–water partition coefficient (Wildman–Crippen LogP) is 2.28. The average molecular weight is 430 g/mol. The lowest BCUT2D eigenvalue weighted by molar-refractivity contribution is -0.116. The Balaban J connectivity index is 2.53. The summed E-state index contributed by atoms with van der Waals surface area (Å²) in [5.41, 5.74) is 6.58. The number of carbonyl (C=O) groups is 1. The van der Waals surface area contributed by atoms with Gasteiger partial charge in [0, 0.05) is 3.57 Å². The van der Waals surface area contributed by atoms with Crippen molar-refractivity contribution < 1.29 is 13.2 Å². The number of sulfonamides is 1. The van der Waals surface area contributed by atoms with Gasteiger partial charge in [-0.25, -0.2) is 8.42 Å². The zero-order valence-corrected chi connectivity index (χ0v) is 14.8. The molecule has 0 aromatic heterocycles. The van der Waals surface area contributed by atoms with Gasteiger partial charge < -0.3 is 5.73 Å². The summed E-state index contributed by atoms with van der Waals surface area (Å²) in [7, 11) is -3.85. The fourth-order valence-electron chi connectivity index (χ4n) is 1.93. The normalized spacial score (nSPS) is 11.2. The number of benzene rings is 2. The van der Waals surface area contributed by atoms with Crippen molar-refractivity contribution in [3.63, 3.8) is 0 Å². The van der Waals surface area contributed by atoms with Crippen molar-refractivity contribution in [2.45, 2.75) is 11.8 Å². The molecule has 0 radical (unpaired) electrons. The van der Waals surface area contributed by atoms with Crippen molar-refractivity contribution in [2.75, 3.05) is 10.8 Å². The highest BCUT2D eigenvalue weighted by Crippen LogP contribution is 2.25. The van der Waals surface area contributed by atoms with E-state index in [0.717, 1.165) is 13.4 Å². The van der Waals surface area contributed by atoms with Crippen molar-refractivity contribution in [1.29, 1.82) is 0 Å². The van der Waals surface area contributed by atoms with Crippen molar-refractivity contribution in [3.8, 4) is 0 Å². The molecule has 0 saturated heterocycles. The van der Waals surface area contributed by atoms with Gasteiger partial charge in [0.25, 0.3) is 10.0 Å². The molecule has 0 fully saturated rings. The van der Waals surface area contributed by atoms with E-state index in [9.17, 15) is 13.2 Å². The molecule has 0 spiro atoms. The predicted molar refractivity (Wildman–Crippen MR) is 94.1 cm³/mol. The van der Waals surface area contributed by atoms with Crippen LogP contribution in [-0.2, 0) is 14.8 Å². The van der Waals surface area contributed by atoms with Gasteiger partial charge >= 0.3 is 0 Å². The van der Waals surface area contributed by atoms with E-state index in [2.05, 4.69) is 22.6 Å². The maximum absolute atomic E-state index is 12.8. The summed E-state index contributed by atoms with van der Waals surface area (Å²) in [5, 5.41) is 0. The van der Waals surface area contributed by atoms with Crippen LogP contribution in [0.25, 0.3) is 0 Å². The zero-order chi connectivity index (χ0) is 16.3. The van der Waals surface area contributed by atoms with E-state index in [-0.39, 0.29) is 4.90 Å². The van der Waals surface area contributed by atoms with Gasteiger partial charge in [-0.2, -0.15) is 0 Å². The Labute approximate surface area is 143 Å². The quantitative estimate of drug-likeness (QED) is 0.740. The standard InChI is InChI=1S/C15H15IN2O3S/c1-11-5-7-14(8-6-11)22(20,21)18(10-15(17)19)13-4-2-3-12(16)9-13/h2-9H,10H2,1H3,(H2,17,19). The summed E-state index contributed by atoms with van der Waals surface area (Å²) in [6, 6.07) is 13.4. The lowest BCUT2D eigenvalue weighted by atomic mass is 10.2. The van der Waals surface area contributed by atoms with Gasteiger partial charge in [-0.1, -0.05) is 23.8 Å². The number of hydrogen-bond acceptors (Lipinski definition) is 3. The monoisotopic (exact) mass is 430 g/mol. The number of primary amides is 1. The Morgan fingerprint density at radius 2 is 1.82 bits per heavy atom. The van der Waals surface area contributed by atoms with Crippen LogP contribution in [0.5, 0.6) is 0 Å². The van der Waals surface area contributed by atoms with Crippen LogP contribution in [0.4, 0.5) is 5.69 Å². The van der Waals surface area contributed by atoms with Gasteiger partial charge in [0.1, 0.15) is 6.54 Å². The number of halogens is 1. The van der Waals surface area contributed by atoms with Crippen molar-refractivity contribution in [3.05, 3.63) is 57.7 Å². The molecule has 0 aliphatic carbocycles. The molecule has 22 heavy (non-hydrogen) atoms. The molecule has 5 nitrogen and oxygen atoms in total. The van der Waals surface area contributed by atoms with E-state index in [1.54, 1.807) is 30.3 Å². The highest BCUT2D eigenvalue weighted by molar-refractivity contribution is 14.1. The largest absolute Gasteiger partial charge is 0.368 e. The lowest BCUT2D eigenvalue weighted by Crippen LogP contribution is -2.38. The molecular formula is C15H15IN2O3S. The fourth-order valence-corrected chi connectivity index (χ4v) is 3.87. The molecule has 116 valence electrons. The average Bonchev–Trinajstić information content (AvgIpc) is 2.45. The zero-order valence-electron chi connectivity index (χ0n) is 11.9. The lowest BCUT2D eigenvalue weighted by Gasteiger charge is -2.23. The molecule has 0 atom stereocenters. The maximum atomic E-state index is 12.8. The van der Waals surface area contributed by atoms with Gasteiger partial charge in [0.15, 0.2) is 0 Å². The van der Waals surface area contributed by atoms with Crippen LogP contribution < -0.4 is 10.0 Å². The number of nitrogens with two attached hydrogens (primary N) is 1. The second-order valence-electron chi connectivity index (χ2n) is 4.77. The third kappa shape index (κ3) is 3.77. The second-order valence-corrected chi connectivity index (χ2v) is 7.88. The minimum atomic E-state index is -3.85. The van der Waals surface area contributed by atoms with Gasteiger partial charge in [-0.05, 0) is 59.8 Å².